The highest BCUT2D eigenvalue weighted by Gasteiger charge is 2.41. The molecule has 0 bridgehead atoms. The van der Waals surface area contributed by atoms with E-state index in [1.54, 1.807) is 0 Å². The van der Waals surface area contributed by atoms with Gasteiger partial charge in [0.2, 0.25) is 11.9 Å². The largest absolute Gasteiger partial charge is 0.278 e. The number of fused-ring (bicyclic) bond motifs is 15. The Labute approximate surface area is 435 Å². The second kappa shape index (κ2) is 17.2. The molecule has 6 heteroatoms. The molecule has 3 aromatic heterocycles. The van der Waals surface area contributed by atoms with Gasteiger partial charge in [-0.25, -0.2) is 0 Å². The maximum Gasteiger partial charge on any atom is 0.240 e. The number of para-hydroxylation sites is 3. The van der Waals surface area contributed by atoms with Crippen LogP contribution in [0.25, 0.3) is 111 Å². The SMILES string of the molecule is c1ccc([Si](c2ccccc2)(c2ccccc2)c2cccc(-c3nc(-n4c5ccccc5c5ccccc54)nc(-n4c5ccccc5c5c6c(ccc54)-c4ccccc4-c4ccccc4-c4ccccc4-6)n3)c2)cc1. The molecule has 0 unspecified atom stereocenters. The van der Waals surface area contributed by atoms with E-state index in [1.807, 2.05) is 0 Å². The predicted molar refractivity (Wildman–Crippen MR) is 313 cm³/mol. The number of nitrogens with zero attached hydrogens (tertiary/aromatic N) is 5. The molecule has 0 fully saturated rings. The minimum absolute atomic E-state index is 0.538. The van der Waals surface area contributed by atoms with Crippen LogP contribution in [0.3, 0.4) is 0 Å². The third-order valence-electron chi connectivity index (χ3n) is 15.5. The third-order valence-corrected chi connectivity index (χ3v) is 20.3. The molecule has 0 spiro atoms. The summed E-state index contributed by atoms with van der Waals surface area (Å²) in [5.41, 5.74) is 14.6. The van der Waals surface area contributed by atoms with Crippen molar-refractivity contribution in [2.45, 2.75) is 0 Å². The van der Waals surface area contributed by atoms with Crippen LogP contribution in [-0.4, -0.2) is 32.2 Å². The monoisotopic (exact) mass is 971 g/mol. The lowest BCUT2D eigenvalue weighted by atomic mass is 9.79. The minimum Gasteiger partial charge on any atom is -0.278 e. The first-order valence-electron chi connectivity index (χ1n) is 25.6. The number of benzene rings is 11. The standard InChI is InChI=1S/C69H45N5Si/c1-4-24-47(25-5-1)75(48-26-6-2-7-27-48,49-28-8-3-9-29-49)50-30-22-23-46(45-50)67-70-68(73-61-40-19-16-36-56(61)57-37-17-20-41-62(57)73)72-69(71-67)74-63-42-21-18-39-60(63)66-64(74)44-43-59-55-35-13-12-33-53(55)51-31-10-11-32-52(51)54-34-14-15-38-58(54)65(59)66/h1-45H. The molecule has 0 N–H and O–H groups in total. The summed E-state index contributed by atoms with van der Waals surface area (Å²) in [5, 5.41) is 9.69. The van der Waals surface area contributed by atoms with Crippen LogP contribution >= 0.6 is 0 Å². The Morgan fingerprint density at radius 1 is 0.267 bits per heavy atom. The fourth-order valence-corrected chi connectivity index (χ4v) is 17.2. The van der Waals surface area contributed by atoms with Gasteiger partial charge in [0.1, 0.15) is 0 Å². The summed E-state index contributed by atoms with van der Waals surface area (Å²) in [6.45, 7) is 0. The Bertz CT molecular complexity index is 4380. The van der Waals surface area contributed by atoms with Crippen molar-refractivity contribution in [3.05, 3.63) is 273 Å². The summed E-state index contributed by atoms with van der Waals surface area (Å²) in [6, 6.07) is 99.3. The summed E-state index contributed by atoms with van der Waals surface area (Å²) >= 11 is 0. The number of hydrogen-bond acceptors (Lipinski definition) is 3. The molecule has 0 amide bonds. The minimum atomic E-state index is -2.92. The van der Waals surface area contributed by atoms with E-state index in [1.165, 1.54) is 65.3 Å². The van der Waals surface area contributed by atoms with Crippen LogP contribution in [0.4, 0.5) is 0 Å². The van der Waals surface area contributed by atoms with Gasteiger partial charge in [0.25, 0.3) is 0 Å². The zero-order valence-electron chi connectivity index (χ0n) is 40.7. The smallest absolute Gasteiger partial charge is 0.240 e. The molecule has 350 valence electrons. The van der Waals surface area contributed by atoms with Crippen LogP contribution in [0.2, 0.25) is 0 Å². The van der Waals surface area contributed by atoms with Gasteiger partial charge in [0.05, 0.1) is 22.1 Å². The van der Waals surface area contributed by atoms with Gasteiger partial charge in [0.15, 0.2) is 13.9 Å². The Balaban J connectivity index is 1.04. The zero-order chi connectivity index (χ0) is 49.5. The topological polar surface area (TPSA) is 48.5 Å². The second-order valence-electron chi connectivity index (χ2n) is 19.4. The number of hydrogen-bond donors (Lipinski definition) is 0. The first-order chi connectivity index (χ1) is 37.2. The molecule has 0 saturated carbocycles. The summed E-state index contributed by atoms with van der Waals surface area (Å²) in [6.07, 6.45) is 0. The van der Waals surface area contributed by atoms with Gasteiger partial charge in [-0.1, -0.05) is 249 Å². The van der Waals surface area contributed by atoms with Crippen LogP contribution in [-0.2, 0) is 0 Å². The number of rotatable bonds is 7. The highest BCUT2D eigenvalue weighted by molar-refractivity contribution is 7.19. The molecule has 1 aliphatic carbocycles. The maximum absolute atomic E-state index is 5.66. The Kier molecular flexibility index (Phi) is 9.83. The molecule has 0 radical (unpaired) electrons. The highest BCUT2D eigenvalue weighted by atomic mass is 28.3. The maximum atomic E-state index is 5.66. The van der Waals surface area contributed by atoms with Crippen molar-refractivity contribution in [3.63, 3.8) is 0 Å². The lowest BCUT2D eigenvalue weighted by Crippen LogP contribution is -2.74. The van der Waals surface area contributed by atoms with Gasteiger partial charge < -0.3 is 0 Å². The van der Waals surface area contributed by atoms with E-state index < -0.39 is 8.07 Å². The first kappa shape index (κ1) is 42.9. The van der Waals surface area contributed by atoms with Crippen molar-refractivity contribution in [2.75, 3.05) is 0 Å². The normalized spacial score (nSPS) is 12.0. The molecule has 0 aliphatic heterocycles. The third kappa shape index (κ3) is 6.53. The van der Waals surface area contributed by atoms with Crippen molar-refractivity contribution in [3.8, 4) is 67.8 Å². The first-order valence-corrected chi connectivity index (χ1v) is 27.6. The Hall–Kier alpha value is -9.75. The van der Waals surface area contributed by atoms with Crippen molar-refractivity contribution in [1.29, 1.82) is 0 Å². The molecular weight excluding hydrogens is 927 g/mol. The average Bonchev–Trinajstić information content (AvgIpc) is 4.02. The van der Waals surface area contributed by atoms with Crippen molar-refractivity contribution in [1.82, 2.24) is 24.1 Å². The van der Waals surface area contributed by atoms with E-state index in [4.69, 9.17) is 15.0 Å². The molecular formula is C69H45N5Si. The van der Waals surface area contributed by atoms with E-state index in [9.17, 15) is 0 Å². The van der Waals surface area contributed by atoms with Crippen LogP contribution in [0.1, 0.15) is 0 Å². The van der Waals surface area contributed by atoms with Crippen LogP contribution < -0.4 is 20.7 Å². The summed E-state index contributed by atoms with van der Waals surface area (Å²) in [4.78, 5) is 16.9. The molecule has 0 saturated heterocycles. The number of aromatic nitrogens is 5. The molecule has 11 aromatic carbocycles. The lowest BCUT2D eigenvalue weighted by molar-refractivity contribution is 0.893. The molecule has 0 atom stereocenters. The molecule has 3 heterocycles. The van der Waals surface area contributed by atoms with Gasteiger partial charge in [-0.2, -0.15) is 15.0 Å². The Morgan fingerprint density at radius 2 is 0.653 bits per heavy atom. The lowest BCUT2D eigenvalue weighted by Gasteiger charge is -2.34. The van der Waals surface area contributed by atoms with Crippen LogP contribution in [0, 0.1) is 0 Å². The fourth-order valence-electron chi connectivity index (χ4n) is 12.4. The second-order valence-corrected chi connectivity index (χ2v) is 23.2. The Morgan fingerprint density at radius 3 is 1.17 bits per heavy atom. The van der Waals surface area contributed by atoms with Crippen molar-refractivity contribution < 1.29 is 0 Å². The molecule has 75 heavy (non-hydrogen) atoms. The van der Waals surface area contributed by atoms with E-state index >= 15 is 0 Å². The summed E-state index contributed by atoms with van der Waals surface area (Å²) in [7, 11) is -2.92. The van der Waals surface area contributed by atoms with E-state index in [2.05, 4.69) is 282 Å². The summed E-state index contributed by atoms with van der Waals surface area (Å²) < 4.78 is 4.49. The predicted octanol–water partition coefficient (Wildman–Crippen LogP) is 14.1. The summed E-state index contributed by atoms with van der Waals surface area (Å²) in [5.74, 6) is 1.67. The van der Waals surface area contributed by atoms with Gasteiger partial charge in [0, 0.05) is 32.7 Å². The molecule has 14 aromatic rings. The quantitative estimate of drug-likeness (QED) is 0.118. The average molecular weight is 972 g/mol. The highest BCUT2D eigenvalue weighted by Crippen LogP contribution is 2.51. The fraction of sp³-hybridized carbons (Fsp3) is 0. The molecule has 1 aliphatic rings. The van der Waals surface area contributed by atoms with E-state index in [0.717, 1.165) is 49.2 Å². The van der Waals surface area contributed by atoms with Gasteiger partial charge in [-0.15, -0.1) is 0 Å². The van der Waals surface area contributed by atoms with Crippen molar-refractivity contribution >= 4 is 72.4 Å². The van der Waals surface area contributed by atoms with Gasteiger partial charge in [-0.3, -0.25) is 9.13 Å². The van der Waals surface area contributed by atoms with Crippen molar-refractivity contribution in [2.24, 2.45) is 0 Å². The van der Waals surface area contributed by atoms with E-state index in [0.29, 0.717) is 17.7 Å². The van der Waals surface area contributed by atoms with Gasteiger partial charge in [-0.05, 0) is 84.0 Å². The van der Waals surface area contributed by atoms with Gasteiger partial charge >= 0.3 is 0 Å². The molecule has 15 rings (SSSR count). The molecule has 5 nitrogen and oxygen atoms in total. The van der Waals surface area contributed by atoms with E-state index in [-0.39, 0.29) is 0 Å². The zero-order valence-corrected chi connectivity index (χ0v) is 41.7. The van der Waals surface area contributed by atoms with Crippen LogP contribution in [0.5, 0.6) is 0 Å². The van der Waals surface area contributed by atoms with Crippen LogP contribution in [0.15, 0.2) is 273 Å².